The molecule has 2 aliphatic rings. The average molecular weight is 310 g/mol. The van der Waals surface area contributed by atoms with Gasteiger partial charge in [-0.05, 0) is 11.6 Å². The van der Waals surface area contributed by atoms with Crippen LogP contribution in [-0.2, 0) is 24.2 Å². The van der Waals surface area contributed by atoms with Crippen LogP contribution in [-0.4, -0.2) is 44.2 Å². The number of hydrogen-bond acceptors (Lipinski definition) is 5. The highest BCUT2D eigenvalue weighted by molar-refractivity contribution is 7.91. The molecule has 1 aromatic carbocycles. The molecule has 112 valence electrons. The maximum atomic E-state index is 12.3. The van der Waals surface area contributed by atoms with E-state index in [1.54, 1.807) is 18.2 Å². The van der Waals surface area contributed by atoms with E-state index in [0.29, 0.717) is 5.56 Å². The Bertz CT molecular complexity index is 723. The van der Waals surface area contributed by atoms with Crippen LogP contribution in [0.4, 0.5) is 0 Å². The van der Waals surface area contributed by atoms with Crippen molar-refractivity contribution in [3.05, 3.63) is 29.8 Å². The Morgan fingerprint density at radius 3 is 2.71 bits per heavy atom. The topological polar surface area (TPSA) is 97.7 Å². The molecule has 2 atom stereocenters. The third-order valence-electron chi connectivity index (χ3n) is 4.29. The minimum Gasteiger partial charge on any atom is -0.480 e. The summed E-state index contributed by atoms with van der Waals surface area (Å²) in [4.78, 5) is 24.2. The van der Waals surface area contributed by atoms with Crippen LogP contribution in [0.25, 0.3) is 0 Å². The van der Waals surface area contributed by atoms with Crippen LogP contribution in [0.15, 0.2) is 29.2 Å². The van der Waals surface area contributed by atoms with Gasteiger partial charge in [0.15, 0.2) is 21.0 Å². The first-order valence-corrected chi connectivity index (χ1v) is 8.21. The summed E-state index contributed by atoms with van der Waals surface area (Å²) in [7, 11) is -3.57. The number of fused-ring (bicyclic) bond motifs is 1. The number of carbonyl (C=O) groups excluding carboxylic acids is 1. The highest BCUT2D eigenvalue weighted by Crippen LogP contribution is 2.48. The third kappa shape index (κ3) is 1.91. The van der Waals surface area contributed by atoms with Crippen molar-refractivity contribution in [2.45, 2.75) is 17.2 Å². The van der Waals surface area contributed by atoms with Gasteiger partial charge in [-0.25, -0.2) is 8.42 Å². The second kappa shape index (κ2) is 4.64. The summed E-state index contributed by atoms with van der Waals surface area (Å²) >= 11 is 0. The van der Waals surface area contributed by atoms with E-state index in [1.807, 2.05) is 0 Å². The summed E-state index contributed by atoms with van der Waals surface area (Å²) in [6.45, 7) is -0.106. The zero-order chi connectivity index (χ0) is 15.3. The Kier molecular flexibility index (Phi) is 3.14. The Morgan fingerprint density at radius 1 is 1.33 bits per heavy atom. The maximum Gasteiger partial charge on any atom is 0.320 e. The lowest BCUT2D eigenvalue weighted by molar-refractivity contribution is -0.166. The lowest BCUT2D eigenvalue weighted by Gasteiger charge is -2.36. The van der Waals surface area contributed by atoms with Gasteiger partial charge in [0.25, 0.3) is 0 Å². The summed E-state index contributed by atoms with van der Waals surface area (Å²) in [5, 5.41) is 9.62. The summed E-state index contributed by atoms with van der Waals surface area (Å²) in [6, 6.07) is 6.27. The number of ketones is 1. The number of sulfone groups is 1. The van der Waals surface area contributed by atoms with Gasteiger partial charge in [0, 0.05) is 12.3 Å². The fourth-order valence-electron chi connectivity index (χ4n) is 3.18. The van der Waals surface area contributed by atoms with Crippen molar-refractivity contribution in [3.8, 4) is 0 Å². The number of aliphatic carboxylic acids is 1. The SMILES string of the molecule is O=C(O)C1(C2CS(=O)(=O)c3ccccc32)COCCC1=O. The Morgan fingerprint density at radius 2 is 2.05 bits per heavy atom. The lowest BCUT2D eigenvalue weighted by atomic mass is 9.69. The molecule has 0 saturated carbocycles. The van der Waals surface area contributed by atoms with Gasteiger partial charge in [0.2, 0.25) is 0 Å². The van der Waals surface area contributed by atoms with Gasteiger partial charge < -0.3 is 9.84 Å². The van der Waals surface area contributed by atoms with E-state index in [9.17, 15) is 23.1 Å². The number of Topliss-reactive ketones (excluding diaryl/α,β-unsaturated/α-hetero) is 1. The molecule has 1 N–H and O–H groups in total. The van der Waals surface area contributed by atoms with Crippen molar-refractivity contribution < 1.29 is 27.9 Å². The molecule has 1 aromatic rings. The third-order valence-corrected chi connectivity index (χ3v) is 6.11. The van der Waals surface area contributed by atoms with Gasteiger partial charge in [0.1, 0.15) is 0 Å². The largest absolute Gasteiger partial charge is 0.480 e. The average Bonchev–Trinajstić information content (AvgIpc) is 2.72. The zero-order valence-corrected chi connectivity index (χ0v) is 11.9. The molecule has 21 heavy (non-hydrogen) atoms. The van der Waals surface area contributed by atoms with Crippen LogP contribution in [0.2, 0.25) is 0 Å². The van der Waals surface area contributed by atoms with E-state index in [4.69, 9.17) is 4.74 Å². The first-order valence-electron chi connectivity index (χ1n) is 6.56. The van der Waals surface area contributed by atoms with E-state index in [0.717, 1.165) is 0 Å². The predicted molar refractivity (Wildman–Crippen MR) is 71.7 cm³/mol. The molecule has 3 rings (SSSR count). The van der Waals surface area contributed by atoms with E-state index in [-0.39, 0.29) is 30.3 Å². The van der Waals surface area contributed by atoms with Crippen LogP contribution in [0.3, 0.4) is 0 Å². The van der Waals surface area contributed by atoms with Crippen molar-refractivity contribution in [2.24, 2.45) is 5.41 Å². The summed E-state index contributed by atoms with van der Waals surface area (Å²) in [6.07, 6.45) is -0.00891. The van der Waals surface area contributed by atoms with E-state index >= 15 is 0 Å². The molecule has 1 fully saturated rings. The Labute approximate surface area is 121 Å². The van der Waals surface area contributed by atoms with Gasteiger partial charge in [-0.3, -0.25) is 9.59 Å². The number of hydrogen-bond donors (Lipinski definition) is 1. The highest BCUT2D eigenvalue weighted by atomic mass is 32.2. The van der Waals surface area contributed by atoms with Gasteiger partial charge in [0.05, 0.1) is 23.9 Å². The van der Waals surface area contributed by atoms with E-state index in [1.165, 1.54) is 6.07 Å². The quantitative estimate of drug-likeness (QED) is 0.804. The second-order valence-electron chi connectivity index (χ2n) is 5.37. The number of rotatable bonds is 2. The van der Waals surface area contributed by atoms with E-state index in [2.05, 4.69) is 0 Å². The molecular weight excluding hydrogens is 296 g/mol. The maximum absolute atomic E-state index is 12.3. The molecule has 0 radical (unpaired) electrons. The number of ether oxygens (including phenoxy) is 1. The fraction of sp³-hybridized carbons (Fsp3) is 0.429. The molecule has 0 aliphatic carbocycles. The van der Waals surface area contributed by atoms with Crippen molar-refractivity contribution >= 4 is 21.6 Å². The normalized spacial score (nSPS) is 30.9. The van der Waals surface area contributed by atoms with Crippen molar-refractivity contribution in [1.29, 1.82) is 0 Å². The molecule has 2 unspecified atom stereocenters. The molecule has 1 saturated heterocycles. The molecular formula is C14H14O6S. The van der Waals surface area contributed by atoms with Gasteiger partial charge in [-0.15, -0.1) is 0 Å². The standard InChI is InChI=1S/C14H14O6S/c15-12-5-6-20-8-14(12,13(16)17)10-7-21(18,19)11-4-2-1-3-9(10)11/h1-4,10H,5-8H2,(H,16,17). The van der Waals surface area contributed by atoms with Gasteiger partial charge >= 0.3 is 5.97 Å². The van der Waals surface area contributed by atoms with Crippen LogP contribution in [0.5, 0.6) is 0 Å². The Balaban J connectivity index is 2.19. The van der Waals surface area contributed by atoms with Gasteiger partial charge in [-0.1, -0.05) is 18.2 Å². The smallest absolute Gasteiger partial charge is 0.320 e. The minimum atomic E-state index is -3.57. The summed E-state index contributed by atoms with van der Waals surface area (Å²) in [5.41, 5.74) is -1.41. The molecule has 7 heteroatoms. The predicted octanol–water partition coefficient (Wildman–Crippen LogP) is 0.618. The summed E-state index contributed by atoms with van der Waals surface area (Å²) < 4.78 is 29.7. The monoisotopic (exact) mass is 310 g/mol. The number of carboxylic acids is 1. The van der Waals surface area contributed by atoms with Crippen LogP contribution in [0.1, 0.15) is 17.9 Å². The lowest BCUT2D eigenvalue weighted by Crippen LogP contribution is -2.51. The first kappa shape index (κ1) is 14.2. The van der Waals surface area contributed by atoms with Crippen LogP contribution < -0.4 is 0 Å². The van der Waals surface area contributed by atoms with Crippen molar-refractivity contribution in [1.82, 2.24) is 0 Å². The molecule has 0 aromatic heterocycles. The first-order chi connectivity index (χ1) is 9.89. The van der Waals surface area contributed by atoms with Crippen molar-refractivity contribution in [2.75, 3.05) is 19.0 Å². The highest BCUT2D eigenvalue weighted by Gasteiger charge is 2.58. The molecule has 0 spiro atoms. The minimum absolute atomic E-state index is 0.00891. The number of benzene rings is 1. The molecule has 0 amide bonds. The number of carbonyl (C=O) groups is 2. The van der Waals surface area contributed by atoms with Crippen LogP contribution in [0, 0.1) is 5.41 Å². The molecule has 2 aliphatic heterocycles. The van der Waals surface area contributed by atoms with Crippen molar-refractivity contribution in [3.63, 3.8) is 0 Å². The summed E-state index contributed by atoms with van der Waals surface area (Å²) in [5.74, 6) is -3.04. The number of carboxylic acid groups (broad SMARTS) is 1. The molecule has 0 bridgehead atoms. The zero-order valence-electron chi connectivity index (χ0n) is 11.1. The van der Waals surface area contributed by atoms with Crippen LogP contribution >= 0.6 is 0 Å². The van der Waals surface area contributed by atoms with Gasteiger partial charge in [-0.2, -0.15) is 0 Å². The second-order valence-corrected chi connectivity index (χ2v) is 7.38. The fourth-order valence-corrected chi connectivity index (χ4v) is 5.12. The molecule has 6 nitrogen and oxygen atoms in total. The Hall–Kier alpha value is -1.73. The van der Waals surface area contributed by atoms with E-state index < -0.39 is 32.9 Å². The molecule has 2 heterocycles.